The zero-order valence-electron chi connectivity index (χ0n) is 38.3. The zero-order chi connectivity index (χ0) is 41.5. The fraction of sp³-hybridized carbons (Fsp3) is 0.922. The van der Waals surface area contributed by atoms with Crippen LogP contribution in [0.4, 0.5) is 0 Å². The van der Waals surface area contributed by atoms with E-state index in [0.717, 1.165) is 77.0 Å². The summed E-state index contributed by atoms with van der Waals surface area (Å²) in [5.74, 6) is -0.103. The summed E-state index contributed by atoms with van der Waals surface area (Å²) in [6.45, 7) is 4.87. The Bertz CT molecular complexity index is 847. The number of nitrogens with one attached hydrogen (secondary N) is 1. The Morgan fingerprint density at radius 3 is 1.25 bits per heavy atom. The second-order valence-electron chi connectivity index (χ2n) is 17.5. The zero-order valence-corrected chi connectivity index (χ0v) is 38.3. The summed E-state index contributed by atoms with van der Waals surface area (Å²) >= 11 is 0. The van der Waals surface area contributed by atoms with E-state index in [4.69, 9.17) is 4.74 Å². The molecule has 2 unspecified atom stereocenters. The minimum Gasteiger partial charge on any atom is -0.466 e. The third kappa shape index (κ3) is 44.0. The fourth-order valence-corrected chi connectivity index (χ4v) is 7.87. The van der Waals surface area contributed by atoms with Crippen LogP contribution in [0.1, 0.15) is 277 Å². The van der Waals surface area contributed by atoms with Crippen LogP contribution in [0.25, 0.3) is 0 Å². The Kier molecular flexibility index (Phi) is 46.1. The molecule has 2 atom stereocenters. The van der Waals surface area contributed by atoms with E-state index in [2.05, 4.69) is 31.3 Å². The quantitative estimate of drug-likeness (QED) is 0.0323. The van der Waals surface area contributed by atoms with Crippen LogP contribution in [0.3, 0.4) is 0 Å². The number of carbonyl (C=O) groups is 2. The molecule has 0 radical (unpaired) electrons. The number of ether oxygens (including phenoxy) is 1. The minimum atomic E-state index is -0.684. The Labute approximate surface area is 355 Å². The third-order valence-electron chi connectivity index (χ3n) is 11.8. The lowest BCUT2D eigenvalue weighted by molar-refractivity contribution is -0.143. The Hall–Kier alpha value is -1.40. The molecular formula is C51H99NO5. The maximum atomic E-state index is 12.4. The molecule has 3 N–H and O–H groups in total. The van der Waals surface area contributed by atoms with Gasteiger partial charge < -0.3 is 20.3 Å². The van der Waals surface area contributed by atoms with Crippen LogP contribution in [-0.2, 0) is 14.3 Å². The molecule has 0 aliphatic rings. The number of aliphatic hydroxyl groups excluding tert-OH is 2. The van der Waals surface area contributed by atoms with Gasteiger partial charge in [0, 0.05) is 12.8 Å². The van der Waals surface area contributed by atoms with Crippen molar-refractivity contribution in [2.24, 2.45) is 0 Å². The molecule has 0 spiro atoms. The second-order valence-corrected chi connectivity index (χ2v) is 17.5. The number of allylic oxidation sites excluding steroid dienone is 2. The maximum Gasteiger partial charge on any atom is 0.305 e. The molecule has 6 heteroatoms. The van der Waals surface area contributed by atoms with E-state index in [0.29, 0.717) is 25.9 Å². The van der Waals surface area contributed by atoms with Gasteiger partial charge >= 0.3 is 5.97 Å². The van der Waals surface area contributed by atoms with Crippen LogP contribution in [0.2, 0.25) is 0 Å². The number of carbonyl (C=O) groups excluding carboxylic acids is 2. The minimum absolute atomic E-state index is 0.0344. The molecule has 0 bridgehead atoms. The van der Waals surface area contributed by atoms with Gasteiger partial charge in [0.25, 0.3) is 0 Å². The molecule has 0 fully saturated rings. The highest BCUT2D eigenvalue weighted by atomic mass is 16.5. The average Bonchev–Trinajstić information content (AvgIpc) is 3.21. The lowest BCUT2D eigenvalue weighted by Gasteiger charge is -2.22. The van der Waals surface area contributed by atoms with E-state index >= 15 is 0 Å². The molecule has 0 aromatic carbocycles. The summed E-state index contributed by atoms with van der Waals surface area (Å²) in [4.78, 5) is 24.4. The van der Waals surface area contributed by atoms with Crippen molar-refractivity contribution < 1.29 is 24.5 Å². The van der Waals surface area contributed by atoms with Gasteiger partial charge in [-0.05, 0) is 51.4 Å². The topological polar surface area (TPSA) is 95.9 Å². The molecule has 57 heavy (non-hydrogen) atoms. The first-order valence-electron chi connectivity index (χ1n) is 25.4. The number of hydrogen-bond donors (Lipinski definition) is 3. The summed E-state index contributed by atoms with van der Waals surface area (Å²) in [7, 11) is 0. The summed E-state index contributed by atoms with van der Waals surface area (Å²) in [6.07, 6.45) is 53.2. The van der Waals surface area contributed by atoms with Crippen LogP contribution in [0.5, 0.6) is 0 Å². The normalized spacial score (nSPS) is 12.7. The maximum absolute atomic E-state index is 12.4. The Morgan fingerprint density at radius 2 is 0.825 bits per heavy atom. The number of rotatable bonds is 47. The van der Waals surface area contributed by atoms with Gasteiger partial charge in [-0.2, -0.15) is 0 Å². The van der Waals surface area contributed by atoms with Crippen molar-refractivity contribution in [1.29, 1.82) is 0 Å². The molecule has 0 aliphatic carbocycles. The third-order valence-corrected chi connectivity index (χ3v) is 11.8. The van der Waals surface area contributed by atoms with Gasteiger partial charge in [0.15, 0.2) is 0 Å². The number of esters is 1. The van der Waals surface area contributed by atoms with Gasteiger partial charge in [0.2, 0.25) is 5.91 Å². The molecule has 338 valence electrons. The number of aliphatic hydroxyl groups is 2. The molecule has 0 aliphatic heterocycles. The highest BCUT2D eigenvalue weighted by molar-refractivity contribution is 5.76. The lowest BCUT2D eigenvalue weighted by Crippen LogP contribution is -2.45. The van der Waals surface area contributed by atoms with E-state index in [9.17, 15) is 19.8 Å². The molecule has 6 nitrogen and oxygen atoms in total. The SMILES string of the molecule is CCCCCCCCCCCCCCCCCCCC(O)C(CO)NC(=O)CCCCCC/C=C\CCCCOC(=O)CCCCCCCCCCCCCCC. The standard InChI is InChI=1S/C51H99NO5/c1-3-5-7-9-11-13-15-17-18-19-20-22-23-27-31-35-39-43-49(54)48(47-53)52-50(55)44-40-36-32-28-25-26-30-34-38-42-46-57-51(56)45-41-37-33-29-24-21-16-14-12-10-8-6-4-2/h26,30,48-49,53-54H,3-25,27-29,31-47H2,1-2H3,(H,52,55)/b30-26-. The molecule has 0 aromatic heterocycles. The second kappa shape index (κ2) is 47.3. The first-order chi connectivity index (χ1) is 28.0. The van der Waals surface area contributed by atoms with Crippen LogP contribution in [-0.4, -0.2) is 47.4 Å². The summed E-state index contributed by atoms with van der Waals surface area (Å²) in [5.41, 5.74) is 0. The van der Waals surface area contributed by atoms with Crippen LogP contribution < -0.4 is 5.32 Å². The summed E-state index contributed by atoms with van der Waals surface area (Å²) in [5, 5.41) is 23.2. The summed E-state index contributed by atoms with van der Waals surface area (Å²) < 4.78 is 5.43. The molecule has 0 saturated carbocycles. The Balaban J connectivity index is 3.52. The van der Waals surface area contributed by atoms with Gasteiger partial charge in [-0.1, -0.05) is 225 Å². The highest BCUT2D eigenvalue weighted by Crippen LogP contribution is 2.16. The van der Waals surface area contributed by atoms with Gasteiger partial charge in [0.1, 0.15) is 0 Å². The van der Waals surface area contributed by atoms with Gasteiger partial charge in [-0.3, -0.25) is 9.59 Å². The van der Waals surface area contributed by atoms with Crippen LogP contribution in [0.15, 0.2) is 12.2 Å². The monoisotopic (exact) mass is 806 g/mol. The number of amides is 1. The highest BCUT2D eigenvalue weighted by Gasteiger charge is 2.20. The van der Waals surface area contributed by atoms with Crippen LogP contribution in [0, 0.1) is 0 Å². The lowest BCUT2D eigenvalue weighted by atomic mass is 10.0. The Morgan fingerprint density at radius 1 is 0.474 bits per heavy atom. The average molecular weight is 806 g/mol. The van der Waals surface area contributed by atoms with Crippen molar-refractivity contribution in [3.05, 3.63) is 12.2 Å². The van der Waals surface area contributed by atoms with Gasteiger partial charge in [-0.15, -0.1) is 0 Å². The van der Waals surface area contributed by atoms with E-state index in [-0.39, 0.29) is 18.5 Å². The van der Waals surface area contributed by atoms with Gasteiger partial charge in [-0.25, -0.2) is 0 Å². The van der Waals surface area contributed by atoms with Crippen molar-refractivity contribution in [2.75, 3.05) is 13.2 Å². The van der Waals surface area contributed by atoms with E-state index in [1.54, 1.807) is 0 Å². The predicted molar refractivity (Wildman–Crippen MR) is 246 cm³/mol. The van der Waals surface area contributed by atoms with E-state index < -0.39 is 12.1 Å². The smallest absolute Gasteiger partial charge is 0.305 e. The van der Waals surface area contributed by atoms with Crippen molar-refractivity contribution in [2.45, 2.75) is 289 Å². The predicted octanol–water partition coefficient (Wildman–Crippen LogP) is 15.0. The van der Waals surface area contributed by atoms with Crippen LogP contribution >= 0.6 is 0 Å². The largest absolute Gasteiger partial charge is 0.466 e. The first kappa shape index (κ1) is 55.6. The number of hydrogen-bond acceptors (Lipinski definition) is 5. The van der Waals surface area contributed by atoms with E-state index in [1.807, 2.05) is 0 Å². The number of unbranched alkanes of at least 4 members (excludes halogenated alkanes) is 34. The molecule has 0 saturated heterocycles. The van der Waals surface area contributed by atoms with Gasteiger partial charge in [0.05, 0.1) is 25.4 Å². The fourth-order valence-electron chi connectivity index (χ4n) is 7.87. The molecular weight excluding hydrogens is 707 g/mol. The van der Waals surface area contributed by atoms with Crippen molar-refractivity contribution >= 4 is 11.9 Å². The molecule has 0 aromatic rings. The van der Waals surface area contributed by atoms with Crippen molar-refractivity contribution in [1.82, 2.24) is 5.32 Å². The first-order valence-corrected chi connectivity index (χ1v) is 25.4. The van der Waals surface area contributed by atoms with Crippen molar-refractivity contribution in [3.8, 4) is 0 Å². The molecule has 0 rings (SSSR count). The molecule has 0 heterocycles. The van der Waals surface area contributed by atoms with Crippen molar-refractivity contribution in [3.63, 3.8) is 0 Å². The van der Waals surface area contributed by atoms with E-state index in [1.165, 1.54) is 167 Å². The summed E-state index contributed by atoms with van der Waals surface area (Å²) in [6, 6.07) is -0.565. The molecule has 1 amide bonds.